The van der Waals surface area contributed by atoms with E-state index in [4.69, 9.17) is 23.2 Å². The number of aromatic nitrogens is 1. The first-order chi connectivity index (χ1) is 11.5. The molecule has 1 amide bonds. The second-order valence-corrected chi connectivity index (χ2v) is 6.23. The number of nitrogens with zero attached hydrogens (tertiary/aromatic N) is 2. The molecule has 0 spiro atoms. The maximum absolute atomic E-state index is 12.2. The van der Waals surface area contributed by atoms with Crippen molar-refractivity contribution in [1.29, 1.82) is 0 Å². The summed E-state index contributed by atoms with van der Waals surface area (Å²) in [6, 6.07) is 13.9. The van der Waals surface area contributed by atoms with E-state index in [1.165, 1.54) is 0 Å². The van der Waals surface area contributed by atoms with Crippen molar-refractivity contribution >= 4 is 34.8 Å². The zero-order valence-electron chi connectivity index (χ0n) is 12.2. The number of fused-ring (bicyclic) bond motifs is 1. The largest absolute Gasteiger partial charge is 0.494 e. The van der Waals surface area contributed by atoms with Gasteiger partial charge in [0.1, 0.15) is 0 Å². The number of carbonyl (C=O) groups excluding carboxylic acids is 1. The summed E-state index contributed by atoms with van der Waals surface area (Å²) in [5.41, 5.74) is 2.66. The summed E-state index contributed by atoms with van der Waals surface area (Å²) in [7, 11) is 0. The zero-order valence-corrected chi connectivity index (χ0v) is 13.7. The van der Waals surface area contributed by atoms with Crippen LogP contribution < -0.4 is 0 Å². The first-order valence-electron chi connectivity index (χ1n) is 7.14. The van der Waals surface area contributed by atoms with Gasteiger partial charge in [-0.1, -0.05) is 35.3 Å². The summed E-state index contributed by atoms with van der Waals surface area (Å²) in [6.07, 6.45) is 1.59. The molecule has 0 aliphatic carbocycles. The number of benzene rings is 2. The van der Waals surface area contributed by atoms with Gasteiger partial charge in [-0.25, -0.2) is 4.99 Å². The molecule has 24 heavy (non-hydrogen) atoms. The highest BCUT2D eigenvalue weighted by Crippen LogP contribution is 2.35. The fraction of sp³-hybridized carbons (Fsp3) is 0. The van der Waals surface area contributed by atoms with Gasteiger partial charge in [-0.3, -0.25) is 9.36 Å². The van der Waals surface area contributed by atoms with Crippen LogP contribution in [-0.4, -0.2) is 21.3 Å². The molecule has 0 saturated carbocycles. The quantitative estimate of drug-likeness (QED) is 0.735. The lowest BCUT2D eigenvalue weighted by atomic mass is 10.0. The van der Waals surface area contributed by atoms with Crippen molar-refractivity contribution in [3.63, 3.8) is 0 Å². The Morgan fingerprint density at radius 3 is 2.12 bits per heavy atom. The molecule has 4 rings (SSSR count). The van der Waals surface area contributed by atoms with Crippen LogP contribution in [0, 0.1) is 0 Å². The molecule has 0 atom stereocenters. The molecule has 1 aliphatic rings. The predicted octanol–water partition coefficient (Wildman–Crippen LogP) is 4.48. The van der Waals surface area contributed by atoms with Crippen molar-refractivity contribution < 1.29 is 9.90 Å². The van der Waals surface area contributed by atoms with Gasteiger partial charge in [0.05, 0.1) is 16.8 Å². The van der Waals surface area contributed by atoms with Gasteiger partial charge >= 0.3 is 0 Å². The molecule has 118 valence electrons. The van der Waals surface area contributed by atoms with Crippen LogP contribution in [0.25, 0.3) is 5.69 Å². The molecule has 3 aromatic rings. The number of rotatable bonds is 2. The van der Waals surface area contributed by atoms with E-state index in [2.05, 4.69) is 4.99 Å². The molecule has 1 N–H and O–H groups in total. The van der Waals surface area contributed by atoms with E-state index in [0.717, 1.165) is 5.56 Å². The SMILES string of the molecule is O=C1N=C(c2ccc(Cl)cc2)c2c1cn(-c1ccc(Cl)cc1)c2O. The molecule has 0 fully saturated rings. The van der Waals surface area contributed by atoms with Crippen LogP contribution in [0.15, 0.2) is 59.7 Å². The minimum absolute atomic E-state index is 0.0353. The average molecular weight is 357 g/mol. The maximum Gasteiger partial charge on any atom is 0.279 e. The maximum atomic E-state index is 12.2. The normalized spacial score (nSPS) is 13.1. The van der Waals surface area contributed by atoms with E-state index in [-0.39, 0.29) is 11.8 Å². The first kappa shape index (κ1) is 15.0. The molecule has 1 aliphatic heterocycles. The summed E-state index contributed by atoms with van der Waals surface area (Å²) in [6.45, 7) is 0. The van der Waals surface area contributed by atoms with Crippen LogP contribution >= 0.6 is 23.2 Å². The van der Waals surface area contributed by atoms with E-state index in [9.17, 15) is 9.90 Å². The van der Waals surface area contributed by atoms with Crippen LogP contribution in [0.5, 0.6) is 5.88 Å². The van der Waals surface area contributed by atoms with Gasteiger partial charge in [0.15, 0.2) is 0 Å². The molecule has 6 heteroatoms. The molecular weight excluding hydrogens is 347 g/mol. The van der Waals surface area contributed by atoms with Gasteiger partial charge in [-0.2, -0.15) is 0 Å². The molecule has 0 radical (unpaired) electrons. The van der Waals surface area contributed by atoms with Gasteiger partial charge in [-0.15, -0.1) is 0 Å². The van der Waals surface area contributed by atoms with Crippen LogP contribution in [0.2, 0.25) is 10.0 Å². The lowest BCUT2D eigenvalue weighted by molar-refractivity contribution is 0.101. The Morgan fingerprint density at radius 1 is 0.917 bits per heavy atom. The monoisotopic (exact) mass is 356 g/mol. The third kappa shape index (κ3) is 2.31. The lowest BCUT2D eigenvalue weighted by Crippen LogP contribution is -2.01. The average Bonchev–Trinajstić information content (AvgIpc) is 3.08. The first-order valence-corrected chi connectivity index (χ1v) is 7.90. The molecule has 0 bridgehead atoms. The molecule has 4 nitrogen and oxygen atoms in total. The van der Waals surface area contributed by atoms with Crippen LogP contribution in [0.3, 0.4) is 0 Å². The molecular formula is C18H10Cl2N2O2. The Kier molecular flexibility index (Phi) is 3.44. The topological polar surface area (TPSA) is 54.6 Å². The van der Waals surface area contributed by atoms with Gasteiger partial charge in [0.25, 0.3) is 5.91 Å². The smallest absolute Gasteiger partial charge is 0.279 e. The van der Waals surface area contributed by atoms with E-state index < -0.39 is 0 Å². The molecule has 0 saturated heterocycles. The van der Waals surface area contributed by atoms with Crippen molar-refractivity contribution in [2.45, 2.75) is 0 Å². The molecule has 2 aromatic carbocycles. The van der Waals surface area contributed by atoms with Crippen molar-refractivity contribution in [1.82, 2.24) is 4.57 Å². The second kappa shape index (κ2) is 5.51. The summed E-state index contributed by atoms with van der Waals surface area (Å²) in [5.74, 6) is -0.412. The highest BCUT2D eigenvalue weighted by Gasteiger charge is 2.31. The molecule has 1 aromatic heterocycles. The second-order valence-electron chi connectivity index (χ2n) is 5.36. The molecule has 2 heterocycles. The van der Waals surface area contributed by atoms with Crippen molar-refractivity contribution in [2.75, 3.05) is 0 Å². The lowest BCUT2D eigenvalue weighted by Gasteiger charge is -2.07. The van der Waals surface area contributed by atoms with Crippen molar-refractivity contribution in [2.24, 2.45) is 4.99 Å². The predicted molar refractivity (Wildman–Crippen MR) is 93.9 cm³/mol. The number of amides is 1. The molecule has 0 unspecified atom stereocenters. The Morgan fingerprint density at radius 2 is 1.50 bits per heavy atom. The van der Waals surface area contributed by atoms with Crippen LogP contribution in [-0.2, 0) is 0 Å². The zero-order chi connectivity index (χ0) is 16.8. The third-order valence-corrected chi connectivity index (χ3v) is 4.39. The van der Waals surface area contributed by atoms with Crippen LogP contribution in [0.1, 0.15) is 21.5 Å². The summed E-state index contributed by atoms with van der Waals surface area (Å²) >= 11 is 11.8. The highest BCUT2D eigenvalue weighted by atomic mass is 35.5. The van der Waals surface area contributed by atoms with Crippen molar-refractivity contribution in [3.8, 4) is 11.6 Å². The number of hydrogen-bond acceptors (Lipinski definition) is 2. The Hall–Kier alpha value is -2.56. The van der Waals surface area contributed by atoms with Gasteiger partial charge < -0.3 is 5.11 Å². The van der Waals surface area contributed by atoms with E-state index >= 15 is 0 Å². The fourth-order valence-electron chi connectivity index (χ4n) is 2.72. The Balaban J connectivity index is 1.86. The Labute approximate surface area is 147 Å². The van der Waals surface area contributed by atoms with E-state index in [1.807, 2.05) is 0 Å². The van der Waals surface area contributed by atoms with Gasteiger partial charge in [0.2, 0.25) is 5.88 Å². The fourth-order valence-corrected chi connectivity index (χ4v) is 2.98. The minimum atomic E-state index is -0.377. The van der Waals surface area contributed by atoms with Crippen LogP contribution in [0.4, 0.5) is 0 Å². The third-order valence-electron chi connectivity index (χ3n) is 3.88. The standard InChI is InChI=1S/C18H10Cl2N2O2/c19-11-3-1-10(2-4-11)16-15-14(17(23)21-16)9-22(18(15)24)13-7-5-12(20)6-8-13/h1-9,24H. The highest BCUT2D eigenvalue weighted by molar-refractivity contribution is 6.32. The summed E-state index contributed by atoms with van der Waals surface area (Å²) in [5, 5.41) is 11.8. The van der Waals surface area contributed by atoms with E-state index in [0.29, 0.717) is 32.6 Å². The number of aromatic hydroxyl groups is 1. The summed E-state index contributed by atoms with van der Waals surface area (Å²) in [4.78, 5) is 16.3. The van der Waals surface area contributed by atoms with Gasteiger partial charge in [0, 0.05) is 27.5 Å². The van der Waals surface area contributed by atoms with E-state index in [1.54, 1.807) is 59.3 Å². The Bertz CT molecular complexity index is 987. The number of halogens is 2. The van der Waals surface area contributed by atoms with Gasteiger partial charge in [-0.05, 0) is 36.4 Å². The van der Waals surface area contributed by atoms with Crippen molar-refractivity contribution in [3.05, 3.63) is 81.5 Å². The summed E-state index contributed by atoms with van der Waals surface area (Å²) < 4.78 is 1.55. The minimum Gasteiger partial charge on any atom is -0.494 e. The number of hydrogen-bond donors (Lipinski definition) is 1. The number of aliphatic imine (C=N–C) groups is 1. The number of carbonyl (C=O) groups is 1.